The molecule has 0 aromatic carbocycles. The maximum atomic E-state index is 12.7. The molecule has 1 rings (SSSR count). The lowest BCUT2D eigenvalue weighted by molar-refractivity contribution is -0.143. The fourth-order valence-corrected chi connectivity index (χ4v) is 1.35. The average Bonchev–Trinajstić information content (AvgIpc) is 2.27. The monoisotopic (exact) mass is 267 g/mol. The van der Waals surface area contributed by atoms with Crippen molar-refractivity contribution in [2.24, 2.45) is 0 Å². The molecule has 1 heterocycles. The molecule has 9 heteroatoms. The molecule has 1 aromatic heterocycles. The number of anilines is 1. The second-order valence-corrected chi connectivity index (χ2v) is 3.55. The molecule has 0 spiro atoms. The summed E-state index contributed by atoms with van der Waals surface area (Å²) < 4.78 is 38.0. The van der Waals surface area contributed by atoms with Crippen LogP contribution in [-0.4, -0.2) is 38.0 Å². The Balaban J connectivity index is 3.15. The van der Waals surface area contributed by atoms with Crippen LogP contribution in [0.25, 0.3) is 0 Å². The third-order valence-corrected chi connectivity index (χ3v) is 2.21. The quantitative estimate of drug-likeness (QED) is 0.603. The van der Waals surface area contributed by atoms with E-state index < -0.39 is 42.2 Å². The summed E-state index contributed by atoms with van der Waals surface area (Å²) >= 11 is 0. The molecule has 18 heavy (non-hydrogen) atoms. The minimum Gasteiger partial charge on any atom is -0.396 e. The van der Waals surface area contributed by atoms with E-state index in [4.69, 9.17) is 10.8 Å². The van der Waals surface area contributed by atoms with Crippen molar-refractivity contribution in [3.63, 3.8) is 0 Å². The van der Waals surface area contributed by atoms with Crippen molar-refractivity contribution in [1.29, 1.82) is 0 Å². The molecule has 6 nitrogen and oxygen atoms in total. The Labute approximate surface area is 99.9 Å². The molecular formula is C9H12F3N3O3. The van der Waals surface area contributed by atoms with Crippen molar-refractivity contribution >= 4 is 5.95 Å². The zero-order valence-corrected chi connectivity index (χ0v) is 9.09. The number of aliphatic hydroxyl groups excluding tert-OH is 3. The van der Waals surface area contributed by atoms with Crippen LogP contribution in [0.3, 0.4) is 0 Å². The molecule has 0 aliphatic rings. The largest absolute Gasteiger partial charge is 0.433 e. The lowest BCUT2D eigenvalue weighted by Crippen LogP contribution is -2.24. The minimum atomic E-state index is -4.83. The molecule has 0 amide bonds. The van der Waals surface area contributed by atoms with E-state index in [2.05, 4.69) is 9.97 Å². The summed E-state index contributed by atoms with van der Waals surface area (Å²) in [5.41, 5.74) is 2.97. The molecule has 102 valence electrons. The van der Waals surface area contributed by atoms with Gasteiger partial charge in [-0.1, -0.05) is 0 Å². The van der Waals surface area contributed by atoms with Gasteiger partial charge in [0.15, 0.2) is 5.69 Å². The fraction of sp³-hybridized carbons (Fsp3) is 0.556. The third kappa shape index (κ3) is 3.28. The van der Waals surface area contributed by atoms with Gasteiger partial charge in [0.05, 0.1) is 6.10 Å². The summed E-state index contributed by atoms with van der Waals surface area (Å²) in [6.07, 6.45) is -7.80. The number of hydrogen-bond donors (Lipinski definition) is 4. The van der Waals surface area contributed by atoms with E-state index in [9.17, 15) is 23.4 Å². The standard InChI is InChI=1S/C9H12F3N3O3/c10-9(11,12)7-4(3-14-8(13)15-7)6(18)5(17)1-2-16/h3,5-6,16-18H,1-2H2,(H2,13,14,15). The average molecular weight is 267 g/mol. The first kappa shape index (κ1) is 14.6. The molecule has 0 saturated heterocycles. The fourth-order valence-electron chi connectivity index (χ4n) is 1.35. The summed E-state index contributed by atoms with van der Waals surface area (Å²) in [7, 11) is 0. The van der Waals surface area contributed by atoms with Crippen LogP contribution in [0, 0.1) is 0 Å². The molecule has 1 aromatic rings. The van der Waals surface area contributed by atoms with Gasteiger partial charge >= 0.3 is 6.18 Å². The van der Waals surface area contributed by atoms with E-state index in [0.29, 0.717) is 6.20 Å². The highest BCUT2D eigenvalue weighted by molar-refractivity contribution is 5.29. The Hall–Kier alpha value is -1.45. The van der Waals surface area contributed by atoms with Crippen LogP contribution in [0.1, 0.15) is 23.8 Å². The van der Waals surface area contributed by atoms with Crippen molar-refractivity contribution in [3.8, 4) is 0 Å². The van der Waals surface area contributed by atoms with Gasteiger partial charge in [0.2, 0.25) is 5.95 Å². The lowest BCUT2D eigenvalue weighted by Gasteiger charge is -2.20. The van der Waals surface area contributed by atoms with Crippen LogP contribution in [0.5, 0.6) is 0 Å². The number of nitrogens with zero attached hydrogens (tertiary/aromatic N) is 2. The van der Waals surface area contributed by atoms with Crippen molar-refractivity contribution in [3.05, 3.63) is 17.5 Å². The van der Waals surface area contributed by atoms with Crippen LogP contribution in [0.4, 0.5) is 19.1 Å². The third-order valence-electron chi connectivity index (χ3n) is 2.21. The first-order valence-electron chi connectivity index (χ1n) is 4.94. The van der Waals surface area contributed by atoms with Crippen LogP contribution in [0.15, 0.2) is 6.20 Å². The van der Waals surface area contributed by atoms with Gasteiger partial charge in [0.25, 0.3) is 0 Å². The Morgan fingerprint density at radius 2 is 1.94 bits per heavy atom. The Morgan fingerprint density at radius 3 is 2.44 bits per heavy atom. The van der Waals surface area contributed by atoms with Gasteiger partial charge in [-0.15, -0.1) is 0 Å². The predicted octanol–water partition coefficient (Wildman–Crippen LogP) is -0.146. The smallest absolute Gasteiger partial charge is 0.396 e. The number of aromatic nitrogens is 2. The van der Waals surface area contributed by atoms with Crippen LogP contribution < -0.4 is 5.73 Å². The minimum absolute atomic E-state index is 0.275. The van der Waals surface area contributed by atoms with Crippen LogP contribution in [-0.2, 0) is 6.18 Å². The second kappa shape index (κ2) is 5.46. The Bertz CT molecular complexity index is 414. The van der Waals surface area contributed by atoms with Gasteiger partial charge < -0.3 is 21.1 Å². The number of halogens is 3. The van der Waals surface area contributed by atoms with E-state index in [1.807, 2.05) is 0 Å². The molecule has 0 fully saturated rings. The van der Waals surface area contributed by atoms with Gasteiger partial charge in [-0.25, -0.2) is 9.97 Å². The summed E-state index contributed by atoms with van der Waals surface area (Å²) in [5.74, 6) is -0.588. The van der Waals surface area contributed by atoms with Gasteiger partial charge in [-0.05, 0) is 6.42 Å². The number of nitrogen functional groups attached to an aromatic ring is 1. The topological polar surface area (TPSA) is 112 Å². The molecule has 0 saturated carbocycles. The zero-order chi connectivity index (χ0) is 13.9. The Kier molecular flexibility index (Phi) is 4.43. The van der Waals surface area contributed by atoms with E-state index >= 15 is 0 Å². The van der Waals surface area contributed by atoms with E-state index in [1.165, 1.54) is 0 Å². The SMILES string of the molecule is Nc1ncc(C(O)C(O)CCO)c(C(F)(F)F)n1. The second-order valence-electron chi connectivity index (χ2n) is 3.55. The maximum absolute atomic E-state index is 12.7. The van der Waals surface area contributed by atoms with Crippen LogP contribution >= 0.6 is 0 Å². The number of aliphatic hydroxyl groups is 3. The molecule has 0 bridgehead atoms. The Morgan fingerprint density at radius 1 is 1.33 bits per heavy atom. The van der Waals surface area contributed by atoms with E-state index in [1.54, 1.807) is 0 Å². The normalized spacial score (nSPS) is 15.4. The van der Waals surface area contributed by atoms with Gasteiger partial charge in [0, 0.05) is 18.4 Å². The molecule has 2 unspecified atom stereocenters. The molecule has 0 aliphatic carbocycles. The van der Waals surface area contributed by atoms with Crippen LogP contribution in [0.2, 0.25) is 0 Å². The summed E-state index contributed by atoms with van der Waals surface area (Å²) in [6.45, 7) is -0.477. The molecular weight excluding hydrogens is 255 g/mol. The number of hydrogen-bond acceptors (Lipinski definition) is 6. The molecule has 2 atom stereocenters. The van der Waals surface area contributed by atoms with Gasteiger partial charge in [0.1, 0.15) is 6.10 Å². The maximum Gasteiger partial charge on any atom is 0.433 e. The summed E-state index contributed by atoms with van der Waals surface area (Å²) in [5, 5.41) is 27.5. The first-order valence-corrected chi connectivity index (χ1v) is 4.94. The number of alkyl halides is 3. The van der Waals surface area contributed by atoms with Crippen molar-refractivity contribution < 1.29 is 28.5 Å². The zero-order valence-electron chi connectivity index (χ0n) is 9.09. The molecule has 5 N–H and O–H groups in total. The molecule has 0 aliphatic heterocycles. The highest BCUT2D eigenvalue weighted by Gasteiger charge is 2.38. The summed E-state index contributed by atoms with van der Waals surface area (Å²) in [4.78, 5) is 6.37. The number of nitrogens with two attached hydrogens (primary N) is 1. The molecule has 0 radical (unpaired) electrons. The first-order chi connectivity index (χ1) is 8.27. The highest BCUT2D eigenvalue weighted by Crippen LogP contribution is 2.34. The van der Waals surface area contributed by atoms with Crippen molar-refractivity contribution in [2.45, 2.75) is 24.8 Å². The lowest BCUT2D eigenvalue weighted by atomic mass is 10.0. The summed E-state index contributed by atoms with van der Waals surface area (Å²) in [6, 6.07) is 0. The van der Waals surface area contributed by atoms with Gasteiger partial charge in [-0.2, -0.15) is 13.2 Å². The highest BCUT2D eigenvalue weighted by atomic mass is 19.4. The predicted molar refractivity (Wildman–Crippen MR) is 54.1 cm³/mol. The van der Waals surface area contributed by atoms with Crippen molar-refractivity contribution in [2.75, 3.05) is 12.3 Å². The van der Waals surface area contributed by atoms with Gasteiger partial charge in [-0.3, -0.25) is 0 Å². The van der Waals surface area contributed by atoms with Crippen molar-refractivity contribution in [1.82, 2.24) is 9.97 Å². The number of rotatable bonds is 4. The van der Waals surface area contributed by atoms with E-state index in [0.717, 1.165) is 0 Å². The van der Waals surface area contributed by atoms with E-state index in [-0.39, 0.29) is 6.42 Å².